The molecule has 6 nitrogen and oxygen atoms in total. The number of carboxylic acids is 1. The van der Waals surface area contributed by atoms with Gasteiger partial charge in [-0.3, -0.25) is 9.36 Å². The number of carbonyl (C=O) groups is 1. The van der Waals surface area contributed by atoms with E-state index in [1.54, 1.807) is 18.4 Å². The van der Waals surface area contributed by atoms with Crippen molar-refractivity contribution in [2.24, 2.45) is 0 Å². The number of likely N-dealkylation sites (N-methyl/N-ethyl adjacent to an activating group) is 1. The molecule has 0 aliphatic rings. The van der Waals surface area contributed by atoms with Crippen molar-refractivity contribution in [2.45, 2.75) is 47.1 Å². The third-order valence-corrected chi connectivity index (χ3v) is 3.89. The maximum Gasteiger partial charge on any atom is 0.348 e. The van der Waals surface area contributed by atoms with Gasteiger partial charge in [0, 0.05) is 29.5 Å². The van der Waals surface area contributed by atoms with E-state index in [9.17, 15) is 9.59 Å². The molecule has 21 heavy (non-hydrogen) atoms. The second-order valence-corrected chi connectivity index (χ2v) is 5.32. The highest BCUT2D eigenvalue weighted by molar-refractivity contribution is 5.70. The highest BCUT2D eigenvalue weighted by atomic mass is 16.4. The van der Waals surface area contributed by atoms with Crippen LogP contribution < -0.4 is 5.69 Å². The minimum Gasteiger partial charge on any atom is -0.481 e. The van der Waals surface area contributed by atoms with Crippen LogP contribution in [0, 0.1) is 13.8 Å². The lowest BCUT2D eigenvalue weighted by Gasteiger charge is -2.26. The van der Waals surface area contributed by atoms with Crippen LogP contribution in [0.15, 0.2) is 4.79 Å². The van der Waals surface area contributed by atoms with Crippen molar-refractivity contribution >= 4 is 5.97 Å². The average Bonchev–Trinajstić information content (AvgIpc) is 2.40. The highest BCUT2D eigenvalue weighted by Crippen LogP contribution is 2.15. The van der Waals surface area contributed by atoms with E-state index in [0.29, 0.717) is 17.0 Å². The molecule has 1 heterocycles. The van der Waals surface area contributed by atoms with Gasteiger partial charge in [0.2, 0.25) is 0 Å². The van der Waals surface area contributed by atoms with Crippen LogP contribution in [0.2, 0.25) is 0 Å². The molecule has 0 bridgehead atoms. The van der Waals surface area contributed by atoms with Crippen molar-refractivity contribution in [2.75, 3.05) is 19.6 Å². The van der Waals surface area contributed by atoms with Gasteiger partial charge >= 0.3 is 11.7 Å². The van der Waals surface area contributed by atoms with Gasteiger partial charge in [0.1, 0.15) is 0 Å². The van der Waals surface area contributed by atoms with Crippen LogP contribution in [0.25, 0.3) is 0 Å². The van der Waals surface area contributed by atoms with Crippen LogP contribution in [-0.2, 0) is 11.2 Å². The van der Waals surface area contributed by atoms with Gasteiger partial charge in [0.25, 0.3) is 0 Å². The molecule has 1 aromatic rings. The smallest absolute Gasteiger partial charge is 0.348 e. The predicted molar refractivity (Wildman–Crippen MR) is 81.8 cm³/mol. The van der Waals surface area contributed by atoms with E-state index in [0.717, 1.165) is 19.6 Å². The van der Waals surface area contributed by atoms with Crippen LogP contribution >= 0.6 is 0 Å². The van der Waals surface area contributed by atoms with Crippen LogP contribution in [0.5, 0.6) is 0 Å². The van der Waals surface area contributed by atoms with Gasteiger partial charge in [-0.1, -0.05) is 13.8 Å². The summed E-state index contributed by atoms with van der Waals surface area (Å²) in [5.41, 5.74) is 1.54. The summed E-state index contributed by atoms with van der Waals surface area (Å²) in [4.78, 5) is 29.4. The molecular formula is C15H25N3O3. The Bertz CT molecular complexity index is 562. The van der Waals surface area contributed by atoms with Crippen molar-refractivity contribution in [1.82, 2.24) is 14.5 Å². The molecular weight excluding hydrogens is 270 g/mol. The third-order valence-electron chi connectivity index (χ3n) is 3.89. The van der Waals surface area contributed by atoms with Gasteiger partial charge in [-0.2, -0.15) is 4.98 Å². The maximum atomic E-state index is 12.2. The van der Waals surface area contributed by atoms with E-state index < -0.39 is 5.97 Å². The van der Waals surface area contributed by atoms with Gasteiger partial charge < -0.3 is 10.0 Å². The first-order chi connectivity index (χ1) is 9.81. The molecule has 0 saturated carbocycles. The van der Waals surface area contributed by atoms with Crippen LogP contribution in [0.1, 0.15) is 43.8 Å². The van der Waals surface area contributed by atoms with E-state index in [-0.39, 0.29) is 18.2 Å². The minimum absolute atomic E-state index is 0.0435. The summed E-state index contributed by atoms with van der Waals surface area (Å²) in [6, 6.07) is -0.0435. The highest BCUT2D eigenvalue weighted by Gasteiger charge is 2.18. The summed E-state index contributed by atoms with van der Waals surface area (Å²) >= 11 is 0. The molecule has 118 valence electrons. The van der Waals surface area contributed by atoms with Crippen molar-refractivity contribution < 1.29 is 9.90 Å². The Kier molecular flexibility index (Phi) is 6.08. The summed E-state index contributed by atoms with van der Waals surface area (Å²) in [6.45, 7) is 12.2. The van der Waals surface area contributed by atoms with Gasteiger partial charge in [0.05, 0.1) is 6.42 Å². The van der Waals surface area contributed by atoms with Crippen LogP contribution in [-0.4, -0.2) is 45.2 Å². The fourth-order valence-corrected chi connectivity index (χ4v) is 2.68. The Balaban J connectivity index is 3.23. The van der Waals surface area contributed by atoms with Gasteiger partial charge in [-0.15, -0.1) is 0 Å². The zero-order valence-electron chi connectivity index (χ0n) is 13.5. The molecule has 6 heteroatoms. The molecule has 0 radical (unpaired) electrons. The summed E-state index contributed by atoms with van der Waals surface area (Å²) in [5, 5.41) is 9.01. The standard InChI is InChI=1S/C15H25N3O3/c1-6-17(7-2)9-10(3)18-12(5)13(8-14(19)20)11(4)16-15(18)21/h10H,6-9H2,1-5H3,(H,19,20). The Morgan fingerprint density at radius 3 is 2.38 bits per heavy atom. The number of aliphatic carboxylic acids is 1. The number of nitrogens with zero attached hydrogens (tertiary/aromatic N) is 3. The van der Waals surface area contributed by atoms with Crippen molar-refractivity contribution in [3.63, 3.8) is 0 Å². The van der Waals surface area contributed by atoms with Gasteiger partial charge in [-0.05, 0) is 33.9 Å². The van der Waals surface area contributed by atoms with Crippen molar-refractivity contribution in [1.29, 1.82) is 0 Å². The van der Waals surface area contributed by atoms with E-state index >= 15 is 0 Å². The number of hydrogen-bond acceptors (Lipinski definition) is 4. The Labute approximate surface area is 125 Å². The Morgan fingerprint density at radius 2 is 1.90 bits per heavy atom. The summed E-state index contributed by atoms with van der Waals surface area (Å²) < 4.78 is 1.61. The SMILES string of the molecule is CCN(CC)CC(C)n1c(C)c(CC(=O)O)c(C)nc1=O. The maximum absolute atomic E-state index is 12.2. The van der Waals surface area contributed by atoms with Gasteiger partial charge in [-0.25, -0.2) is 4.79 Å². The first kappa shape index (κ1) is 17.4. The molecule has 1 unspecified atom stereocenters. The Morgan fingerprint density at radius 1 is 1.33 bits per heavy atom. The second-order valence-electron chi connectivity index (χ2n) is 5.32. The zero-order chi connectivity index (χ0) is 16.2. The van der Waals surface area contributed by atoms with Crippen LogP contribution in [0.4, 0.5) is 0 Å². The molecule has 1 rings (SSSR count). The molecule has 0 fully saturated rings. The number of rotatable bonds is 7. The topological polar surface area (TPSA) is 75.4 Å². The quantitative estimate of drug-likeness (QED) is 0.822. The summed E-state index contributed by atoms with van der Waals surface area (Å²) in [5.74, 6) is -0.912. The fraction of sp³-hybridized carbons (Fsp3) is 0.667. The van der Waals surface area contributed by atoms with Crippen LogP contribution in [0.3, 0.4) is 0 Å². The van der Waals surface area contributed by atoms with E-state index in [1.807, 2.05) is 6.92 Å². The zero-order valence-corrected chi connectivity index (χ0v) is 13.5. The fourth-order valence-electron chi connectivity index (χ4n) is 2.68. The largest absolute Gasteiger partial charge is 0.481 e. The second kappa shape index (κ2) is 7.36. The lowest BCUT2D eigenvalue weighted by molar-refractivity contribution is -0.136. The van der Waals surface area contributed by atoms with Crippen molar-refractivity contribution in [3.8, 4) is 0 Å². The molecule has 0 spiro atoms. The van der Waals surface area contributed by atoms with E-state index in [2.05, 4.69) is 23.7 Å². The molecule has 1 atom stereocenters. The first-order valence-electron chi connectivity index (χ1n) is 7.34. The molecule has 1 aromatic heterocycles. The molecule has 0 amide bonds. The molecule has 0 saturated heterocycles. The molecule has 1 N–H and O–H groups in total. The third kappa shape index (κ3) is 4.14. The average molecular weight is 295 g/mol. The monoisotopic (exact) mass is 295 g/mol. The Hall–Kier alpha value is -1.69. The lowest BCUT2D eigenvalue weighted by Crippen LogP contribution is -2.37. The number of aromatic nitrogens is 2. The normalized spacial score (nSPS) is 12.7. The van der Waals surface area contributed by atoms with Crippen molar-refractivity contribution in [3.05, 3.63) is 27.4 Å². The number of hydrogen-bond donors (Lipinski definition) is 1. The lowest BCUT2D eigenvalue weighted by atomic mass is 10.1. The summed E-state index contributed by atoms with van der Waals surface area (Å²) in [6.07, 6.45) is -0.108. The minimum atomic E-state index is -0.912. The number of aryl methyl sites for hydroxylation is 1. The number of carboxylic acid groups (broad SMARTS) is 1. The van der Waals surface area contributed by atoms with E-state index in [4.69, 9.17) is 5.11 Å². The summed E-state index contributed by atoms with van der Waals surface area (Å²) in [7, 11) is 0. The molecule has 0 aromatic carbocycles. The van der Waals surface area contributed by atoms with Gasteiger partial charge in [0.15, 0.2) is 0 Å². The predicted octanol–water partition coefficient (Wildman–Crippen LogP) is 1.39. The molecule has 0 aliphatic carbocycles. The first-order valence-corrected chi connectivity index (χ1v) is 7.34. The molecule has 0 aliphatic heterocycles. The van der Waals surface area contributed by atoms with E-state index in [1.165, 1.54) is 0 Å².